The van der Waals surface area contributed by atoms with E-state index in [0.29, 0.717) is 23.3 Å². The molecule has 2 aromatic carbocycles. The van der Waals surface area contributed by atoms with Gasteiger partial charge in [0.15, 0.2) is 5.82 Å². The number of rotatable bonds is 2. The molecule has 0 spiro atoms. The molecule has 24 heavy (non-hydrogen) atoms. The topological polar surface area (TPSA) is 78.3 Å². The Kier molecular flexibility index (Phi) is 2.58. The van der Waals surface area contributed by atoms with Gasteiger partial charge in [0.2, 0.25) is 5.89 Å². The van der Waals surface area contributed by atoms with Crippen LogP contribution in [0.5, 0.6) is 5.75 Å². The van der Waals surface area contributed by atoms with Crippen LogP contribution in [0.15, 0.2) is 52.9 Å². The van der Waals surface area contributed by atoms with Gasteiger partial charge in [-0.1, -0.05) is 23.3 Å². The maximum Gasteiger partial charge on any atom is 0.346 e. The summed E-state index contributed by atoms with van der Waals surface area (Å²) in [6.07, 6.45) is 0. The van der Waals surface area contributed by atoms with E-state index in [1.54, 1.807) is 11.6 Å². The van der Waals surface area contributed by atoms with Crippen molar-refractivity contribution in [2.24, 2.45) is 0 Å². The SMILES string of the molecule is COc1ccc(-c2nn3c4nc5ccccc5c-4nnc3o2)cc1. The Morgan fingerprint density at radius 1 is 1.00 bits per heavy atom. The summed E-state index contributed by atoms with van der Waals surface area (Å²) in [5.41, 5.74) is 2.39. The Balaban J connectivity index is 1.72. The first kappa shape index (κ1) is 13.0. The molecular weight excluding hydrogens is 306 g/mol. The van der Waals surface area contributed by atoms with Gasteiger partial charge in [-0.05, 0) is 30.3 Å². The smallest absolute Gasteiger partial charge is 0.346 e. The van der Waals surface area contributed by atoms with E-state index in [-0.39, 0.29) is 0 Å². The number of nitrogens with zero attached hydrogens (tertiary/aromatic N) is 5. The quantitative estimate of drug-likeness (QED) is 0.498. The second kappa shape index (κ2) is 4.76. The minimum absolute atomic E-state index is 0.302. The van der Waals surface area contributed by atoms with Crippen molar-refractivity contribution in [2.75, 3.05) is 7.11 Å². The van der Waals surface area contributed by atoms with Crippen LogP contribution >= 0.6 is 0 Å². The molecule has 1 aromatic heterocycles. The summed E-state index contributed by atoms with van der Waals surface area (Å²) in [5.74, 6) is 2.15. The van der Waals surface area contributed by atoms with Crippen molar-refractivity contribution in [3.8, 4) is 28.7 Å². The van der Waals surface area contributed by atoms with Gasteiger partial charge in [0.1, 0.15) is 11.4 Å². The normalized spacial score (nSPS) is 11.5. The van der Waals surface area contributed by atoms with Crippen LogP contribution in [0.2, 0.25) is 0 Å². The number of methoxy groups -OCH3 is 1. The van der Waals surface area contributed by atoms with Crippen molar-refractivity contribution >= 4 is 16.7 Å². The predicted octanol–water partition coefficient (Wildman–Crippen LogP) is 3.05. The third-order valence-electron chi connectivity index (χ3n) is 3.93. The first-order chi connectivity index (χ1) is 11.8. The Bertz CT molecular complexity index is 1140. The number of hydrogen-bond acceptors (Lipinski definition) is 6. The van der Waals surface area contributed by atoms with Gasteiger partial charge in [0, 0.05) is 10.9 Å². The van der Waals surface area contributed by atoms with Crippen LogP contribution in [0.4, 0.5) is 0 Å². The minimum Gasteiger partial charge on any atom is -0.497 e. The number of hydrogen-bond donors (Lipinski definition) is 0. The fraction of sp³-hybridized carbons (Fsp3) is 0.0588. The highest BCUT2D eigenvalue weighted by Crippen LogP contribution is 2.30. The van der Waals surface area contributed by atoms with Gasteiger partial charge in [0.05, 0.1) is 12.6 Å². The van der Waals surface area contributed by atoms with E-state index < -0.39 is 0 Å². The fourth-order valence-electron chi connectivity index (χ4n) is 2.73. The average Bonchev–Trinajstić information content (AvgIpc) is 3.23. The number of aromatic nitrogens is 5. The number of fused-ring (bicyclic) bond motifs is 5. The molecule has 0 N–H and O–H groups in total. The maximum absolute atomic E-state index is 5.73. The molecule has 0 atom stereocenters. The van der Waals surface area contributed by atoms with Crippen molar-refractivity contribution in [1.82, 2.24) is 24.8 Å². The average molecular weight is 317 g/mol. The van der Waals surface area contributed by atoms with Gasteiger partial charge in [-0.15, -0.1) is 10.2 Å². The number of ether oxygens (including phenoxy) is 1. The highest BCUT2D eigenvalue weighted by atomic mass is 16.5. The summed E-state index contributed by atoms with van der Waals surface area (Å²) < 4.78 is 12.5. The molecule has 0 fully saturated rings. The highest BCUT2D eigenvalue weighted by molar-refractivity contribution is 5.94. The van der Waals surface area contributed by atoms with Crippen molar-refractivity contribution in [2.45, 2.75) is 0 Å². The van der Waals surface area contributed by atoms with Gasteiger partial charge in [-0.2, -0.15) is 4.52 Å². The lowest BCUT2D eigenvalue weighted by molar-refractivity contribution is 0.415. The molecule has 7 nitrogen and oxygen atoms in total. The first-order valence-electron chi connectivity index (χ1n) is 7.38. The van der Waals surface area contributed by atoms with Gasteiger partial charge in [0.25, 0.3) is 0 Å². The summed E-state index contributed by atoms with van der Waals surface area (Å²) in [4.78, 5) is 4.60. The molecule has 0 unspecified atom stereocenters. The Morgan fingerprint density at radius 3 is 2.67 bits per heavy atom. The lowest BCUT2D eigenvalue weighted by Crippen LogP contribution is -2.00. The van der Waals surface area contributed by atoms with E-state index >= 15 is 0 Å². The summed E-state index contributed by atoms with van der Waals surface area (Å²) in [5, 5.41) is 13.8. The second-order valence-electron chi connectivity index (χ2n) is 5.33. The minimum atomic E-state index is 0.302. The molecule has 2 aliphatic rings. The zero-order valence-electron chi connectivity index (χ0n) is 12.7. The Labute approximate surface area is 135 Å². The van der Waals surface area contributed by atoms with Gasteiger partial charge in [-0.3, -0.25) is 0 Å². The van der Waals surface area contributed by atoms with Crippen LogP contribution in [0.1, 0.15) is 0 Å². The zero-order valence-corrected chi connectivity index (χ0v) is 12.7. The van der Waals surface area contributed by atoms with Crippen LogP contribution in [-0.2, 0) is 0 Å². The van der Waals surface area contributed by atoms with Crippen molar-refractivity contribution in [1.29, 1.82) is 0 Å². The summed E-state index contributed by atoms with van der Waals surface area (Å²) in [6.45, 7) is 0. The van der Waals surface area contributed by atoms with Crippen LogP contribution in [0.3, 0.4) is 0 Å². The van der Waals surface area contributed by atoms with E-state index in [9.17, 15) is 0 Å². The number of benzene rings is 2. The molecule has 0 saturated heterocycles. The van der Waals surface area contributed by atoms with Crippen LogP contribution in [-0.4, -0.2) is 31.9 Å². The molecule has 2 aliphatic heterocycles. The third-order valence-corrected chi connectivity index (χ3v) is 3.93. The van der Waals surface area contributed by atoms with Gasteiger partial charge < -0.3 is 9.15 Å². The van der Waals surface area contributed by atoms with Gasteiger partial charge in [-0.25, -0.2) is 4.98 Å². The predicted molar refractivity (Wildman–Crippen MR) is 87.0 cm³/mol. The lowest BCUT2D eigenvalue weighted by atomic mass is 10.2. The van der Waals surface area contributed by atoms with Crippen molar-refractivity contribution < 1.29 is 9.15 Å². The van der Waals surface area contributed by atoms with E-state index in [0.717, 1.165) is 22.2 Å². The fourth-order valence-corrected chi connectivity index (χ4v) is 2.73. The molecule has 0 saturated carbocycles. The molecule has 0 radical (unpaired) electrons. The molecule has 0 amide bonds. The van der Waals surface area contributed by atoms with Crippen LogP contribution in [0, 0.1) is 0 Å². The second-order valence-corrected chi connectivity index (χ2v) is 5.33. The molecule has 0 bridgehead atoms. The lowest BCUT2D eigenvalue weighted by Gasteiger charge is -1.98. The highest BCUT2D eigenvalue weighted by Gasteiger charge is 2.21. The van der Waals surface area contributed by atoms with Crippen molar-refractivity contribution in [3.05, 3.63) is 48.5 Å². The molecule has 3 heterocycles. The maximum atomic E-state index is 5.73. The monoisotopic (exact) mass is 317 g/mol. The third kappa shape index (κ3) is 1.78. The molecule has 116 valence electrons. The van der Waals surface area contributed by atoms with E-state index in [4.69, 9.17) is 9.15 Å². The standard InChI is InChI=1S/C17H11N5O2/c1-23-11-8-6-10(7-9-11)16-21-22-15-14(19-20-17(22)24-16)12-4-2-3-5-13(12)18-15/h2-9H,1H3. The van der Waals surface area contributed by atoms with Gasteiger partial charge >= 0.3 is 5.84 Å². The summed E-state index contributed by atoms with van der Waals surface area (Å²) in [6, 6.07) is 15.3. The van der Waals surface area contributed by atoms with Crippen LogP contribution in [0.25, 0.3) is 39.7 Å². The van der Waals surface area contributed by atoms with Crippen molar-refractivity contribution in [3.63, 3.8) is 0 Å². The largest absolute Gasteiger partial charge is 0.497 e. The summed E-state index contributed by atoms with van der Waals surface area (Å²) in [7, 11) is 1.63. The van der Waals surface area contributed by atoms with Crippen LogP contribution < -0.4 is 4.74 Å². The molecule has 5 rings (SSSR count). The molecule has 0 aliphatic carbocycles. The Hall–Kier alpha value is -3.48. The van der Waals surface area contributed by atoms with E-state index in [2.05, 4.69) is 20.3 Å². The molecule has 7 heteroatoms. The Morgan fingerprint density at radius 2 is 1.83 bits per heavy atom. The van der Waals surface area contributed by atoms with E-state index in [1.165, 1.54) is 0 Å². The zero-order chi connectivity index (χ0) is 16.1. The summed E-state index contributed by atoms with van der Waals surface area (Å²) >= 11 is 0. The number of para-hydroxylation sites is 1. The molecule has 3 aromatic rings. The first-order valence-corrected chi connectivity index (χ1v) is 7.38. The van der Waals surface area contributed by atoms with E-state index in [1.807, 2.05) is 48.5 Å². The molecular formula is C17H11N5O2.